The molecule has 0 radical (unpaired) electrons. The van der Waals surface area contributed by atoms with E-state index >= 15 is 0 Å². The highest BCUT2D eigenvalue weighted by atomic mass is 32.1. The van der Waals surface area contributed by atoms with Gasteiger partial charge in [0.15, 0.2) is 0 Å². The highest BCUT2D eigenvalue weighted by Crippen LogP contribution is 2.28. The third-order valence-corrected chi connectivity index (χ3v) is 10.6. The van der Waals surface area contributed by atoms with Crippen molar-refractivity contribution in [2.24, 2.45) is 5.92 Å². The number of hydrogen-bond acceptors (Lipinski definition) is 9. The Hall–Kier alpha value is -4.67. The van der Waals surface area contributed by atoms with E-state index in [4.69, 9.17) is 19.3 Å². The number of rotatable bonds is 24. The van der Waals surface area contributed by atoms with Gasteiger partial charge in [-0.2, -0.15) is 0 Å². The summed E-state index contributed by atoms with van der Waals surface area (Å²) in [4.78, 5) is 64.1. The van der Waals surface area contributed by atoms with Crippen molar-refractivity contribution in [2.75, 3.05) is 64.1 Å². The number of carbonyl (C=O) groups is 5. The van der Waals surface area contributed by atoms with E-state index in [2.05, 4.69) is 34.3 Å². The molecule has 2 aromatic heterocycles. The van der Waals surface area contributed by atoms with E-state index in [1.807, 2.05) is 47.2 Å². The summed E-state index contributed by atoms with van der Waals surface area (Å²) in [7, 11) is 0. The molecule has 0 aliphatic heterocycles. The van der Waals surface area contributed by atoms with Crippen LogP contribution in [0.3, 0.4) is 0 Å². The Morgan fingerprint density at radius 2 is 1.55 bits per heavy atom. The lowest BCUT2D eigenvalue weighted by atomic mass is 9.85. The van der Waals surface area contributed by atoms with Gasteiger partial charge in [-0.15, -0.1) is 11.3 Å². The van der Waals surface area contributed by atoms with Crippen LogP contribution in [0.25, 0.3) is 10.2 Å². The van der Waals surface area contributed by atoms with Gasteiger partial charge >= 0.3 is 12.2 Å². The third-order valence-electron chi connectivity index (χ3n) is 9.76. The normalized spacial score (nSPS) is 15.2. The number of aromatic nitrogens is 1. The first-order chi connectivity index (χ1) is 27.2. The monoisotopic (exact) mass is 798 g/mol. The minimum atomic E-state index is -1.09. The molecule has 5 amide bonds. The number of alkyl carbamates (subject to hydrolysis) is 1. The molecule has 0 spiro atoms. The molecule has 0 unspecified atom stereocenters. The van der Waals surface area contributed by atoms with Crippen LogP contribution in [0.15, 0.2) is 41.8 Å². The molecule has 1 fully saturated rings. The molecule has 0 bridgehead atoms. The fraction of sp³-hybridized carbons (Fsp3) is 0.575. The Morgan fingerprint density at radius 3 is 2.27 bits per heavy atom. The molecule has 308 valence electrons. The Labute approximate surface area is 332 Å². The fourth-order valence-electron chi connectivity index (χ4n) is 6.71. The minimum absolute atomic E-state index is 0.0424. The van der Waals surface area contributed by atoms with Gasteiger partial charge in [-0.25, -0.2) is 9.59 Å². The van der Waals surface area contributed by atoms with E-state index in [1.54, 1.807) is 16.2 Å². The minimum Gasteiger partial charge on any atom is -0.465 e. The molecule has 2 heterocycles. The fourth-order valence-corrected chi connectivity index (χ4v) is 7.53. The molecule has 4 rings (SSSR count). The predicted octanol–water partition coefficient (Wildman–Crippen LogP) is 5.31. The smallest absolute Gasteiger partial charge is 0.407 e. The summed E-state index contributed by atoms with van der Waals surface area (Å²) >= 11 is 1.55. The SMILES string of the molecule is CCc1cccc(N(CC)C(=O)Cn2c(C(=O)N[C@H]3CC[C@H](C(=O)NCCCCCCNC(=O)OCCOCCOCCNC(=O)O)CC3)cc3sccc32)c1. The number of hydrogen-bond donors (Lipinski definition) is 5. The van der Waals surface area contributed by atoms with Crippen molar-refractivity contribution in [3.8, 4) is 0 Å². The first-order valence-electron chi connectivity index (χ1n) is 19.8. The highest BCUT2D eigenvalue weighted by Gasteiger charge is 2.29. The first-order valence-corrected chi connectivity index (χ1v) is 20.7. The zero-order valence-corrected chi connectivity index (χ0v) is 33.5. The summed E-state index contributed by atoms with van der Waals surface area (Å²) in [5.41, 5.74) is 3.36. The van der Waals surface area contributed by atoms with Crippen molar-refractivity contribution in [1.82, 2.24) is 25.8 Å². The largest absolute Gasteiger partial charge is 0.465 e. The molecule has 3 aromatic rings. The number of likely N-dealkylation sites (N-methyl/N-ethyl adjacent to an activating group) is 1. The van der Waals surface area contributed by atoms with Crippen LogP contribution >= 0.6 is 11.3 Å². The number of fused-ring (bicyclic) bond motifs is 1. The van der Waals surface area contributed by atoms with Crippen LogP contribution in [0.5, 0.6) is 0 Å². The first kappa shape index (κ1) is 44.0. The number of aryl methyl sites for hydroxylation is 1. The van der Waals surface area contributed by atoms with Crippen molar-refractivity contribution >= 4 is 57.1 Å². The van der Waals surface area contributed by atoms with Crippen LogP contribution in [0.2, 0.25) is 0 Å². The number of thiophene rings is 1. The number of amides is 5. The lowest BCUT2D eigenvalue weighted by Gasteiger charge is -2.28. The summed E-state index contributed by atoms with van der Waals surface area (Å²) in [6.45, 7) is 7.17. The number of benzene rings is 1. The number of anilines is 1. The van der Waals surface area contributed by atoms with E-state index in [-0.39, 0.29) is 62.6 Å². The Balaban J connectivity index is 1.06. The molecule has 1 aliphatic carbocycles. The van der Waals surface area contributed by atoms with Crippen LogP contribution in [0, 0.1) is 5.92 Å². The van der Waals surface area contributed by atoms with Gasteiger partial charge in [0.2, 0.25) is 11.8 Å². The molecule has 0 saturated heterocycles. The second kappa shape index (κ2) is 24.1. The number of carboxylic acid groups (broad SMARTS) is 1. The van der Waals surface area contributed by atoms with E-state index in [0.29, 0.717) is 64.2 Å². The molecule has 0 atom stereocenters. The van der Waals surface area contributed by atoms with Crippen molar-refractivity contribution in [3.05, 3.63) is 53.0 Å². The number of nitrogens with one attached hydrogen (secondary N) is 4. The van der Waals surface area contributed by atoms with Gasteiger partial charge in [0.05, 0.1) is 36.6 Å². The van der Waals surface area contributed by atoms with Crippen molar-refractivity contribution < 1.29 is 43.3 Å². The lowest BCUT2D eigenvalue weighted by molar-refractivity contribution is -0.126. The Kier molecular flexibility index (Phi) is 18.9. The number of carbonyl (C=O) groups excluding carboxylic acids is 4. The summed E-state index contributed by atoms with van der Waals surface area (Å²) in [6, 6.07) is 11.8. The molecule has 5 N–H and O–H groups in total. The van der Waals surface area contributed by atoms with E-state index < -0.39 is 12.2 Å². The van der Waals surface area contributed by atoms with Gasteiger partial charge < -0.3 is 50.1 Å². The van der Waals surface area contributed by atoms with Crippen LogP contribution < -0.4 is 26.2 Å². The second-order valence-electron chi connectivity index (χ2n) is 13.7. The molecule has 16 heteroatoms. The van der Waals surface area contributed by atoms with Crippen LogP contribution in [0.1, 0.15) is 81.3 Å². The standard InChI is InChI=1S/C40H58N6O9S/c1-3-29-10-9-11-32(26-29)45(4-2)36(47)28-46-33-16-25-56-35(33)27-34(46)38(49)44-31-14-12-30(13-15-31)37(48)41-17-7-5-6-8-18-43-40(52)55-24-23-54-22-21-53-20-19-42-39(50)51/h9-11,16,25-27,30-31,42H,3-8,12-15,17-24,28H2,1-2H3,(H,41,48)(H,43,52)(H,44,49)(H,50,51)/t30-,31-. The Morgan fingerprint density at radius 1 is 0.839 bits per heavy atom. The van der Waals surface area contributed by atoms with Crippen molar-refractivity contribution in [1.29, 1.82) is 0 Å². The van der Waals surface area contributed by atoms with Gasteiger partial charge in [-0.05, 0) is 87.1 Å². The maximum Gasteiger partial charge on any atom is 0.407 e. The molecule has 56 heavy (non-hydrogen) atoms. The Bertz CT molecular complexity index is 1700. The predicted molar refractivity (Wildman–Crippen MR) is 215 cm³/mol. The molecular weight excluding hydrogens is 741 g/mol. The third kappa shape index (κ3) is 14.4. The molecule has 1 aliphatic rings. The number of unbranched alkanes of at least 4 members (excludes halogenated alkanes) is 3. The molecular formula is C40H58N6O9S. The van der Waals surface area contributed by atoms with Gasteiger partial charge in [0.1, 0.15) is 18.8 Å². The molecule has 1 aromatic carbocycles. The summed E-state index contributed by atoms with van der Waals surface area (Å²) < 4.78 is 18.4. The number of ether oxygens (including phenoxy) is 3. The summed E-state index contributed by atoms with van der Waals surface area (Å²) in [6.07, 6.45) is 5.58. The summed E-state index contributed by atoms with van der Waals surface area (Å²) in [5, 5.41) is 21.6. The number of nitrogens with zero attached hydrogens (tertiary/aromatic N) is 2. The van der Waals surface area contributed by atoms with E-state index in [1.165, 1.54) is 0 Å². The van der Waals surface area contributed by atoms with Gasteiger partial charge in [0, 0.05) is 43.8 Å². The van der Waals surface area contributed by atoms with Gasteiger partial charge in [0.25, 0.3) is 5.91 Å². The van der Waals surface area contributed by atoms with E-state index in [0.717, 1.165) is 53.6 Å². The molecule has 15 nitrogen and oxygen atoms in total. The van der Waals surface area contributed by atoms with Crippen molar-refractivity contribution in [3.63, 3.8) is 0 Å². The van der Waals surface area contributed by atoms with E-state index in [9.17, 15) is 24.0 Å². The average Bonchev–Trinajstić information content (AvgIpc) is 3.79. The highest BCUT2D eigenvalue weighted by molar-refractivity contribution is 7.17. The topological polar surface area (TPSA) is 190 Å². The van der Waals surface area contributed by atoms with Crippen LogP contribution in [-0.2, 0) is 36.8 Å². The zero-order chi connectivity index (χ0) is 40.1. The van der Waals surface area contributed by atoms with Crippen molar-refractivity contribution in [2.45, 2.75) is 84.2 Å². The van der Waals surface area contributed by atoms with Crippen LogP contribution in [-0.4, -0.2) is 105 Å². The van der Waals surface area contributed by atoms with Crippen LogP contribution in [0.4, 0.5) is 15.3 Å². The maximum atomic E-state index is 13.6. The van der Waals surface area contributed by atoms with Gasteiger partial charge in [-0.3, -0.25) is 14.4 Å². The summed E-state index contributed by atoms with van der Waals surface area (Å²) in [5.74, 6) is -0.303. The molecule has 1 saturated carbocycles. The quantitative estimate of drug-likeness (QED) is 0.0749. The average molecular weight is 799 g/mol. The zero-order valence-electron chi connectivity index (χ0n) is 32.6. The lowest BCUT2D eigenvalue weighted by Crippen LogP contribution is -2.42. The maximum absolute atomic E-state index is 13.6. The second-order valence-corrected chi connectivity index (χ2v) is 14.6. The van der Waals surface area contributed by atoms with Gasteiger partial charge in [-0.1, -0.05) is 31.9 Å².